The van der Waals surface area contributed by atoms with Crippen LogP contribution in [0.15, 0.2) is 23.2 Å². The number of aliphatic imine (C=N–C) groups is 1. The molecule has 0 aliphatic heterocycles. The Kier molecular flexibility index (Phi) is 8.83. The van der Waals surface area contributed by atoms with E-state index in [4.69, 9.17) is 4.74 Å². The number of benzene rings is 1. The van der Waals surface area contributed by atoms with Crippen molar-refractivity contribution >= 4 is 29.9 Å². The topological polar surface area (TPSA) is 76.4 Å². The zero-order chi connectivity index (χ0) is 18.4. The third kappa shape index (κ3) is 6.15. The molecule has 0 radical (unpaired) electrons. The van der Waals surface area contributed by atoms with E-state index in [1.807, 2.05) is 32.4 Å². The number of halogens is 1. The largest absolute Gasteiger partial charge is 0.491 e. The highest BCUT2D eigenvalue weighted by atomic mass is 127. The lowest BCUT2D eigenvalue weighted by Gasteiger charge is -2.17. The third-order valence-electron chi connectivity index (χ3n) is 3.85. The molecule has 0 spiro atoms. The van der Waals surface area contributed by atoms with E-state index in [1.54, 1.807) is 7.05 Å². The number of guanidine groups is 1. The molecule has 0 saturated heterocycles. The second kappa shape index (κ2) is 10.3. The predicted octanol–water partition coefficient (Wildman–Crippen LogP) is 2.70. The summed E-state index contributed by atoms with van der Waals surface area (Å²) in [7, 11) is 3.70. The summed E-state index contributed by atoms with van der Waals surface area (Å²) < 4.78 is 7.87. The van der Waals surface area contributed by atoms with Crippen LogP contribution in [-0.2, 0) is 20.1 Å². The Morgan fingerprint density at radius 3 is 2.46 bits per heavy atom. The zero-order valence-corrected chi connectivity index (χ0v) is 18.7. The summed E-state index contributed by atoms with van der Waals surface area (Å²) in [6.45, 7) is 9.23. The Hall–Kier alpha value is -1.84. The van der Waals surface area contributed by atoms with Crippen molar-refractivity contribution in [2.45, 2.75) is 46.9 Å². The molecule has 1 heterocycles. The molecule has 0 aliphatic rings. The van der Waals surface area contributed by atoms with Gasteiger partial charge in [-0.2, -0.15) is 0 Å². The number of rotatable bonds is 6. The summed E-state index contributed by atoms with van der Waals surface area (Å²) in [5.74, 6) is 3.35. The first-order valence-corrected chi connectivity index (χ1v) is 8.46. The summed E-state index contributed by atoms with van der Waals surface area (Å²) in [4.78, 5) is 4.26. The van der Waals surface area contributed by atoms with E-state index in [1.165, 1.54) is 5.56 Å². The van der Waals surface area contributed by atoms with E-state index in [-0.39, 0.29) is 30.1 Å². The smallest absolute Gasteiger partial charge is 0.191 e. The number of ether oxygens (including phenoxy) is 1. The number of hydrogen-bond acceptors (Lipinski definition) is 4. The second-order valence-corrected chi connectivity index (χ2v) is 6.28. The molecule has 2 N–H and O–H groups in total. The average molecular weight is 472 g/mol. The van der Waals surface area contributed by atoms with Crippen LogP contribution in [-0.4, -0.2) is 33.9 Å². The monoisotopic (exact) mass is 472 g/mol. The number of hydrogen-bond donors (Lipinski definition) is 2. The van der Waals surface area contributed by atoms with Crippen molar-refractivity contribution in [2.24, 2.45) is 12.0 Å². The van der Waals surface area contributed by atoms with Crippen molar-refractivity contribution in [1.82, 2.24) is 25.4 Å². The molecule has 8 heteroatoms. The van der Waals surface area contributed by atoms with Crippen molar-refractivity contribution in [3.63, 3.8) is 0 Å². The van der Waals surface area contributed by atoms with E-state index in [0.29, 0.717) is 19.0 Å². The highest BCUT2D eigenvalue weighted by Gasteiger charge is 2.09. The fourth-order valence-corrected chi connectivity index (χ4v) is 2.34. The highest BCUT2D eigenvalue weighted by molar-refractivity contribution is 14.0. The molecule has 0 saturated carbocycles. The maximum Gasteiger partial charge on any atom is 0.191 e. The van der Waals surface area contributed by atoms with E-state index in [9.17, 15) is 0 Å². The lowest BCUT2D eigenvalue weighted by molar-refractivity contribution is 0.239. The molecule has 1 aromatic carbocycles. The van der Waals surface area contributed by atoms with Gasteiger partial charge in [0.2, 0.25) is 0 Å². The summed E-state index contributed by atoms with van der Waals surface area (Å²) >= 11 is 0. The summed E-state index contributed by atoms with van der Waals surface area (Å²) in [6, 6.07) is 6.23. The fourth-order valence-electron chi connectivity index (χ4n) is 2.34. The van der Waals surface area contributed by atoms with Crippen LogP contribution in [0.3, 0.4) is 0 Å². The Morgan fingerprint density at radius 2 is 1.88 bits per heavy atom. The van der Waals surface area contributed by atoms with Crippen molar-refractivity contribution in [3.8, 4) is 5.75 Å². The van der Waals surface area contributed by atoms with Crippen LogP contribution in [0.25, 0.3) is 0 Å². The van der Waals surface area contributed by atoms with Crippen molar-refractivity contribution in [3.05, 3.63) is 41.0 Å². The molecule has 0 unspecified atom stereocenters. The molecule has 2 aromatic rings. The number of aryl methyl sites for hydroxylation is 2. The van der Waals surface area contributed by atoms with Crippen molar-refractivity contribution in [1.29, 1.82) is 0 Å². The summed E-state index contributed by atoms with van der Waals surface area (Å²) in [6.07, 6.45) is 0.136. The first kappa shape index (κ1) is 22.2. The van der Waals surface area contributed by atoms with Gasteiger partial charge in [-0.05, 0) is 39.3 Å². The van der Waals surface area contributed by atoms with Crippen LogP contribution >= 0.6 is 24.0 Å². The number of nitrogens with one attached hydrogen (secondary N) is 2. The second-order valence-electron chi connectivity index (χ2n) is 6.28. The van der Waals surface area contributed by atoms with Gasteiger partial charge in [-0.15, -0.1) is 34.2 Å². The van der Waals surface area contributed by atoms with Gasteiger partial charge in [-0.25, -0.2) is 0 Å². The van der Waals surface area contributed by atoms with Crippen molar-refractivity contribution in [2.75, 3.05) is 7.05 Å². The third-order valence-corrected chi connectivity index (χ3v) is 3.85. The minimum Gasteiger partial charge on any atom is -0.491 e. The van der Waals surface area contributed by atoms with Gasteiger partial charge < -0.3 is 19.9 Å². The molecule has 0 bridgehead atoms. The SMILES string of the molecule is CN=C(NCc1ccc(C)cc1OC(C)C)NCc1nnc(C)n1C.I. The quantitative estimate of drug-likeness (QED) is 0.384. The predicted molar refractivity (Wildman–Crippen MR) is 115 cm³/mol. The Balaban J connectivity index is 0.00000338. The molecule has 0 atom stereocenters. The summed E-state index contributed by atoms with van der Waals surface area (Å²) in [5.41, 5.74) is 2.27. The number of aromatic nitrogens is 3. The zero-order valence-electron chi connectivity index (χ0n) is 16.3. The van der Waals surface area contributed by atoms with Gasteiger partial charge >= 0.3 is 0 Å². The first-order valence-electron chi connectivity index (χ1n) is 8.46. The van der Waals surface area contributed by atoms with Gasteiger partial charge in [0.15, 0.2) is 11.8 Å². The van der Waals surface area contributed by atoms with Crippen LogP contribution in [0.4, 0.5) is 0 Å². The molecule has 144 valence electrons. The standard InChI is InChI=1S/C18H28N6O.HI/c1-12(2)25-16-9-13(3)7-8-15(16)10-20-18(19-5)21-11-17-23-22-14(4)24(17)6;/h7-9,12H,10-11H2,1-6H3,(H2,19,20,21);1H. The lowest BCUT2D eigenvalue weighted by atomic mass is 10.1. The van der Waals surface area contributed by atoms with E-state index in [0.717, 1.165) is 23.0 Å². The first-order chi connectivity index (χ1) is 11.9. The molecule has 7 nitrogen and oxygen atoms in total. The van der Waals surface area contributed by atoms with Crippen molar-refractivity contribution < 1.29 is 4.74 Å². The van der Waals surface area contributed by atoms with Gasteiger partial charge in [0.25, 0.3) is 0 Å². The van der Waals surface area contributed by atoms with Crippen LogP contribution < -0.4 is 15.4 Å². The molecule has 0 aliphatic carbocycles. The normalized spacial score (nSPS) is 11.3. The lowest BCUT2D eigenvalue weighted by Crippen LogP contribution is -2.37. The van der Waals surface area contributed by atoms with Crippen LogP contribution in [0.2, 0.25) is 0 Å². The molecule has 26 heavy (non-hydrogen) atoms. The average Bonchev–Trinajstić information content (AvgIpc) is 2.88. The Morgan fingerprint density at radius 1 is 1.19 bits per heavy atom. The Labute approximate surface area is 172 Å². The fraction of sp³-hybridized carbons (Fsp3) is 0.500. The molecule has 0 amide bonds. The highest BCUT2D eigenvalue weighted by Crippen LogP contribution is 2.21. The van der Waals surface area contributed by atoms with E-state index in [2.05, 4.69) is 50.9 Å². The van der Waals surface area contributed by atoms with Crippen LogP contribution in [0.1, 0.15) is 36.6 Å². The van der Waals surface area contributed by atoms with Crippen LogP contribution in [0.5, 0.6) is 5.75 Å². The van der Waals surface area contributed by atoms with E-state index < -0.39 is 0 Å². The summed E-state index contributed by atoms with van der Waals surface area (Å²) in [5, 5.41) is 14.8. The Bertz CT molecular complexity index is 741. The van der Waals surface area contributed by atoms with Gasteiger partial charge in [0.05, 0.1) is 12.6 Å². The minimum absolute atomic E-state index is 0. The molecular formula is C18H29IN6O. The maximum atomic E-state index is 5.92. The minimum atomic E-state index is 0. The maximum absolute atomic E-state index is 5.92. The molecular weight excluding hydrogens is 443 g/mol. The van der Waals surface area contributed by atoms with Crippen LogP contribution in [0, 0.1) is 13.8 Å². The molecule has 0 fully saturated rings. The van der Waals surface area contributed by atoms with Gasteiger partial charge in [0, 0.05) is 26.2 Å². The van der Waals surface area contributed by atoms with Gasteiger partial charge in [0.1, 0.15) is 11.6 Å². The molecule has 2 rings (SSSR count). The van der Waals surface area contributed by atoms with Gasteiger partial charge in [-0.3, -0.25) is 4.99 Å². The van der Waals surface area contributed by atoms with E-state index >= 15 is 0 Å². The molecule has 1 aromatic heterocycles. The number of nitrogens with zero attached hydrogens (tertiary/aromatic N) is 4. The van der Waals surface area contributed by atoms with Gasteiger partial charge in [-0.1, -0.05) is 12.1 Å².